The van der Waals surface area contributed by atoms with Crippen LogP contribution < -0.4 is 5.32 Å². The summed E-state index contributed by atoms with van der Waals surface area (Å²) in [7, 11) is 0. The van der Waals surface area contributed by atoms with E-state index in [0.717, 1.165) is 66.6 Å². The number of aryl methyl sites for hydroxylation is 2. The van der Waals surface area contributed by atoms with Crippen LogP contribution in [0.4, 0.5) is 10.5 Å². The average molecular weight is 674 g/mol. The van der Waals surface area contributed by atoms with Crippen molar-refractivity contribution >= 4 is 29.5 Å². The summed E-state index contributed by atoms with van der Waals surface area (Å²) in [5.41, 5.74) is 4.38. The molecule has 49 heavy (non-hydrogen) atoms. The number of nitrogens with one attached hydrogen (secondary N) is 1. The van der Waals surface area contributed by atoms with Crippen molar-refractivity contribution in [2.45, 2.75) is 96.2 Å². The highest BCUT2D eigenvalue weighted by Crippen LogP contribution is 2.30. The van der Waals surface area contributed by atoms with Gasteiger partial charge in [-0.15, -0.1) is 0 Å². The molecule has 4 aliphatic rings. The van der Waals surface area contributed by atoms with Gasteiger partial charge < -0.3 is 30.2 Å². The Morgan fingerprint density at radius 2 is 1.51 bits per heavy atom. The summed E-state index contributed by atoms with van der Waals surface area (Å²) < 4.78 is 0. The minimum atomic E-state index is -0.763. The minimum absolute atomic E-state index is 0.0423. The molecule has 0 unspecified atom stereocenters. The maximum atomic E-state index is 14.2. The Hall–Kier alpha value is -4.12. The van der Waals surface area contributed by atoms with Gasteiger partial charge in [0, 0.05) is 56.9 Å². The number of piperidine rings is 3. The number of amides is 4. The average Bonchev–Trinajstić information content (AvgIpc) is 3.28. The standard InChI is InChI=1S/C38H51N5O6/c1-25-21-27(22-26(2)35(25)45)23-29(36(46)41-18-13-30(14-19-41)42-15-6-5-9-33(42)37(47)48)24-34(44)40-16-11-31(12-17-40)43-20-10-28-7-3-4-8-32(28)39-38(43)49/h3-4,7-8,21-22,29-31,33,45H,5-6,9-20,23-24H2,1-2H3,(H,39,49)(H,47,48)/t29-,33-/m0/s1. The number of fused-ring (bicyclic) bond motifs is 1. The summed E-state index contributed by atoms with van der Waals surface area (Å²) in [5.74, 6) is -1.17. The second kappa shape index (κ2) is 15.2. The molecular formula is C38H51N5O6. The molecule has 0 radical (unpaired) electrons. The maximum Gasteiger partial charge on any atom is 0.322 e. The van der Waals surface area contributed by atoms with Gasteiger partial charge in [-0.05, 0) is 100 Å². The Morgan fingerprint density at radius 3 is 2.20 bits per heavy atom. The lowest BCUT2D eigenvalue weighted by atomic mass is 9.90. The third-order valence-corrected chi connectivity index (χ3v) is 11.3. The number of aliphatic carboxylic acids is 1. The van der Waals surface area contributed by atoms with Crippen molar-refractivity contribution in [3.05, 3.63) is 58.7 Å². The molecule has 4 amide bonds. The fourth-order valence-electron chi connectivity index (χ4n) is 8.53. The number of carboxylic acid groups (broad SMARTS) is 1. The van der Waals surface area contributed by atoms with Crippen molar-refractivity contribution in [2.24, 2.45) is 5.92 Å². The highest BCUT2D eigenvalue weighted by Gasteiger charge is 2.38. The zero-order valence-corrected chi connectivity index (χ0v) is 28.9. The SMILES string of the molecule is Cc1cc(C[C@@H](CC(=O)N2CCC(N3CCc4ccccc4NC3=O)CC2)C(=O)N2CCC(N3CCCC[C@H]3C(=O)O)CC2)cc(C)c1O. The first-order valence-corrected chi connectivity index (χ1v) is 18.1. The number of nitrogens with zero attached hydrogens (tertiary/aromatic N) is 4. The van der Waals surface area contributed by atoms with Gasteiger partial charge in [0.15, 0.2) is 0 Å². The van der Waals surface area contributed by atoms with Crippen molar-refractivity contribution in [3.63, 3.8) is 0 Å². The lowest BCUT2D eigenvalue weighted by Crippen LogP contribution is -2.55. The van der Waals surface area contributed by atoms with E-state index in [2.05, 4.69) is 10.2 Å². The summed E-state index contributed by atoms with van der Waals surface area (Å²) >= 11 is 0. The van der Waals surface area contributed by atoms with Gasteiger partial charge in [-0.3, -0.25) is 19.3 Å². The zero-order valence-electron chi connectivity index (χ0n) is 28.9. The van der Waals surface area contributed by atoms with Gasteiger partial charge in [0.05, 0.1) is 5.92 Å². The van der Waals surface area contributed by atoms with Gasteiger partial charge in [-0.25, -0.2) is 4.79 Å². The van der Waals surface area contributed by atoms with Crippen LogP contribution in [0.2, 0.25) is 0 Å². The topological polar surface area (TPSA) is 134 Å². The number of para-hydroxylation sites is 1. The number of carbonyl (C=O) groups excluding carboxylic acids is 3. The Balaban J connectivity index is 1.09. The van der Waals surface area contributed by atoms with Crippen LogP contribution in [-0.4, -0.2) is 111 Å². The van der Waals surface area contributed by atoms with Crippen LogP contribution in [0.25, 0.3) is 0 Å². The van der Waals surface area contributed by atoms with Gasteiger partial charge in [0.25, 0.3) is 0 Å². The van der Waals surface area contributed by atoms with Crippen LogP contribution >= 0.6 is 0 Å². The van der Waals surface area contributed by atoms with E-state index >= 15 is 0 Å². The van der Waals surface area contributed by atoms with Crippen LogP contribution in [0, 0.1) is 19.8 Å². The van der Waals surface area contributed by atoms with E-state index in [0.29, 0.717) is 58.4 Å². The molecule has 2 atom stereocenters. The maximum absolute atomic E-state index is 14.2. The largest absolute Gasteiger partial charge is 0.507 e. The second-order valence-electron chi connectivity index (χ2n) is 14.5. The van der Waals surface area contributed by atoms with Crippen molar-refractivity contribution in [1.82, 2.24) is 19.6 Å². The lowest BCUT2D eigenvalue weighted by Gasteiger charge is -2.43. The highest BCUT2D eigenvalue weighted by molar-refractivity contribution is 5.91. The van der Waals surface area contributed by atoms with Crippen molar-refractivity contribution in [2.75, 3.05) is 44.6 Å². The normalized spacial score (nSPS) is 21.9. The molecule has 0 bridgehead atoms. The molecule has 3 fully saturated rings. The number of aromatic hydroxyl groups is 1. The number of carbonyl (C=O) groups is 4. The Labute approximate surface area is 289 Å². The third-order valence-electron chi connectivity index (χ3n) is 11.3. The van der Waals surface area contributed by atoms with Gasteiger partial charge in [-0.1, -0.05) is 36.8 Å². The molecule has 0 aromatic heterocycles. The van der Waals surface area contributed by atoms with Crippen LogP contribution in [0.3, 0.4) is 0 Å². The van der Waals surface area contributed by atoms with Crippen molar-refractivity contribution < 1.29 is 29.4 Å². The molecule has 4 aliphatic heterocycles. The predicted octanol–water partition coefficient (Wildman–Crippen LogP) is 4.57. The Kier molecular flexibility index (Phi) is 10.8. The number of likely N-dealkylation sites (tertiary alicyclic amines) is 3. The summed E-state index contributed by atoms with van der Waals surface area (Å²) in [6.07, 6.45) is 6.67. The second-order valence-corrected chi connectivity index (χ2v) is 14.5. The van der Waals surface area contributed by atoms with Crippen LogP contribution in [-0.2, 0) is 27.2 Å². The lowest BCUT2D eigenvalue weighted by molar-refractivity contribution is -0.148. The fraction of sp³-hybridized carbons (Fsp3) is 0.579. The minimum Gasteiger partial charge on any atom is -0.507 e. The molecule has 3 N–H and O–H groups in total. The van der Waals surface area contributed by atoms with Crippen LogP contribution in [0.1, 0.15) is 73.6 Å². The van der Waals surface area contributed by atoms with E-state index in [1.54, 1.807) is 0 Å². The Morgan fingerprint density at radius 1 is 0.857 bits per heavy atom. The molecule has 11 nitrogen and oxygen atoms in total. The van der Waals surface area contributed by atoms with E-state index < -0.39 is 17.9 Å². The number of anilines is 1. The first kappa shape index (κ1) is 34.7. The van der Waals surface area contributed by atoms with E-state index in [-0.39, 0.29) is 42.1 Å². The smallest absolute Gasteiger partial charge is 0.322 e. The molecule has 2 aromatic carbocycles. The molecule has 11 heteroatoms. The number of rotatable bonds is 8. The summed E-state index contributed by atoms with van der Waals surface area (Å²) in [4.78, 5) is 60.8. The number of hydrogen-bond donors (Lipinski definition) is 3. The number of benzene rings is 2. The van der Waals surface area contributed by atoms with E-state index in [9.17, 15) is 29.4 Å². The van der Waals surface area contributed by atoms with Gasteiger partial charge >= 0.3 is 12.0 Å². The number of urea groups is 1. The zero-order chi connectivity index (χ0) is 34.7. The number of phenolic OH excluding ortho intramolecular Hbond substituents is 1. The highest BCUT2D eigenvalue weighted by atomic mass is 16.4. The van der Waals surface area contributed by atoms with Crippen LogP contribution in [0.5, 0.6) is 5.75 Å². The fourth-order valence-corrected chi connectivity index (χ4v) is 8.53. The molecule has 3 saturated heterocycles. The number of hydrogen-bond acceptors (Lipinski definition) is 6. The summed E-state index contributed by atoms with van der Waals surface area (Å²) in [6, 6.07) is 11.3. The molecule has 4 heterocycles. The first-order valence-electron chi connectivity index (χ1n) is 18.1. The summed E-state index contributed by atoms with van der Waals surface area (Å²) in [6.45, 7) is 7.24. The molecular weight excluding hydrogens is 622 g/mol. The van der Waals surface area contributed by atoms with Crippen molar-refractivity contribution in [1.29, 1.82) is 0 Å². The molecule has 264 valence electrons. The van der Waals surface area contributed by atoms with Gasteiger partial charge in [0.1, 0.15) is 11.8 Å². The number of carboxylic acids is 1. The van der Waals surface area contributed by atoms with E-state index in [1.807, 2.05) is 64.9 Å². The number of phenols is 1. The van der Waals surface area contributed by atoms with Crippen LogP contribution in [0.15, 0.2) is 36.4 Å². The third kappa shape index (κ3) is 7.87. The van der Waals surface area contributed by atoms with E-state index in [4.69, 9.17) is 0 Å². The van der Waals surface area contributed by atoms with Gasteiger partial charge in [0.2, 0.25) is 11.8 Å². The van der Waals surface area contributed by atoms with Crippen molar-refractivity contribution in [3.8, 4) is 5.75 Å². The Bertz CT molecular complexity index is 1520. The summed E-state index contributed by atoms with van der Waals surface area (Å²) in [5, 5.41) is 23.2. The molecule has 0 saturated carbocycles. The molecule has 0 aliphatic carbocycles. The monoisotopic (exact) mass is 673 g/mol. The molecule has 0 spiro atoms. The molecule has 2 aromatic rings. The predicted molar refractivity (Wildman–Crippen MR) is 186 cm³/mol. The van der Waals surface area contributed by atoms with Gasteiger partial charge in [-0.2, -0.15) is 0 Å². The first-order chi connectivity index (χ1) is 23.6. The van der Waals surface area contributed by atoms with E-state index in [1.165, 1.54) is 0 Å². The quantitative estimate of drug-likeness (QED) is 0.374. The molecule has 6 rings (SSSR count).